The molecule has 0 unspecified atom stereocenters. The molecule has 0 heterocycles. The summed E-state index contributed by atoms with van der Waals surface area (Å²) in [6, 6.07) is 11.0. The molecule has 0 aliphatic rings. The Balaban J connectivity index is 2.14. The van der Waals surface area contributed by atoms with Crippen molar-refractivity contribution >= 4 is 44.2 Å². The number of ether oxygens (including phenoxy) is 1. The van der Waals surface area contributed by atoms with Gasteiger partial charge in [0.2, 0.25) is 0 Å². The standard InChI is InChI=1S/C15H13BrF2INO/c1-9-2-4-12(7-13(9)19)20-8-10-6-11(16)3-5-14(10)21-15(17)18/h2-7,15,20H,8H2,1H3. The molecule has 0 aromatic heterocycles. The molecule has 0 fully saturated rings. The normalized spacial score (nSPS) is 10.8. The summed E-state index contributed by atoms with van der Waals surface area (Å²) in [5, 5.41) is 3.22. The van der Waals surface area contributed by atoms with Gasteiger partial charge in [0.15, 0.2) is 0 Å². The minimum Gasteiger partial charge on any atom is -0.434 e. The van der Waals surface area contributed by atoms with E-state index in [-0.39, 0.29) is 5.75 Å². The molecule has 112 valence electrons. The van der Waals surface area contributed by atoms with E-state index < -0.39 is 6.61 Å². The minimum absolute atomic E-state index is 0.183. The maximum Gasteiger partial charge on any atom is 0.387 e. The predicted octanol–water partition coefficient (Wildman–Crippen LogP) is 5.58. The van der Waals surface area contributed by atoms with Gasteiger partial charge in [0.25, 0.3) is 0 Å². The van der Waals surface area contributed by atoms with Crippen LogP contribution in [0.1, 0.15) is 11.1 Å². The Morgan fingerprint density at radius 2 is 2.00 bits per heavy atom. The lowest BCUT2D eigenvalue weighted by Crippen LogP contribution is -2.07. The maximum absolute atomic E-state index is 12.4. The zero-order chi connectivity index (χ0) is 15.4. The first-order valence-corrected chi connectivity index (χ1v) is 8.06. The van der Waals surface area contributed by atoms with Crippen molar-refractivity contribution in [2.45, 2.75) is 20.1 Å². The zero-order valence-electron chi connectivity index (χ0n) is 11.2. The SMILES string of the molecule is Cc1ccc(NCc2cc(Br)ccc2OC(F)F)cc1I. The Morgan fingerprint density at radius 1 is 1.24 bits per heavy atom. The first-order valence-electron chi connectivity index (χ1n) is 6.19. The molecule has 0 saturated carbocycles. The van der Waals surface area contributed by atoms with Gasteiger partial charge in [0.05, 0.1) is 0 Å². The van der Waals surface area contributed by atoms with Crippen LogP contribution in [0.3, 0.4) is 0 Å². The number of hydrogen-bond donors (Lipinski definition) is 1. The van der Waals surface area contributed by atoms with E-state index in [1.807, 2.05) is 25.1 Å². The van der Waals surface area contributed by atoms with Gasteiger partial charge < -0.3 is 10.1 Å². The summed E-state index contributed by atoms with van der Waals surface area (Å²) in [6.07, 6.45) is 0. The van der Waals surface area contributed by atoms with Crippen molar-refractivity contribution in [3.63, 3.8) is 0 Å². The van der Waals surface area contributed by atoms with E-state index in [1.54, 1.807) is 12.1 Å². The van der Waals surface area contributed by atoms with Gasteiger partial charge in [-0.2, -0.15) is 8.78 Å². The summed E-state index contributed by atoms with van der Waals surface area (Å²) in [5.41, 5.74) is 2.80. The molecule has 0 atom stereocenters. The molecule has 0 aliphatic carbocycles. The van der Waals surface area contributed by atoms with Crippen LogP contribution in [-0.4, -0.2) is 6.61 Å². The van der Waals surface area contributed by atoms with E-state index in [2.05, 4.69) is 48.6 Å². The Hall–Kier alpha value is -0.890. The van der Waals surface area contributed by atoms with Gasteiger partial charge in [-0.15, -0.1) is 0 Å². The average molecular weight is 468 g/mol. The zero-order valence-corrected chi connectivity index (χ0v) is 14.9. The van der Waals surface area contributed by atoms with Crippen LogP contribution in [-0.2, 0) is 6.54 Å². The van der Waals surface area contributed by atoms with Crippen molar-refractivity contribution in [3.8, 4) is 5.75 Å². The van der Waals surface area contributed by atoms with Crippen molar-refractivity contribution in [1.82, 2.24) is 0 Å². The fourth-order valence-electron chi connectivity index (χ4n) is 1.80. The number of rotatable bonds is 5. The molecule has 0 saturated heterocycles. The Bertz CT molecular complexity index is 637. The third kappa shape index (κ3) is 4.81. The summed E-state index contributed by atoms with van der Waals surface area (Å²) in [4.78, 5) is 0. The van der Waals surface area contributed by atoms with Gasteiger partial charge in [0.1, 0.15) is 5.75 Å². The quantitative estimate of drug-likeness (QED) is 0.580. The number of nitrogens with one attached hydrogen (secondary N) is 1. The van der Waals surface area contributed by atoms with Crippen LogP contribution >= 0.6 is 38.5 Å². The van der Waals surface area contributed by atoms with E-state index in [0.29, 0.717) is 12.1 Å². The first kappa shape index (κ1) is 16.5. The third-order valence-electron chi connectivity index (χ3n) is 2.89. The van der Waals surface area contributed by atoms with Crippen LogP contribution in [0.4, 0.5) is 14.5 Å². The van der Waals surface area contributed by atoms with Crippen LogP contribution in [0.5, 0.6) is 5.75 Å². The second-order valence-electron chi connectivity index (χ2n) is 4.45. The van der Waals surface area contributed by atoms with Gasteiger partial charge in [-0.1, -0.05) is 22.0 Å². The van der Waals surface area contributed by atoms with Gasteiger partial charge in [-0.25, -0.2) is 0 Å². The highest BCUT2D eigenvalue weighted by molar-refractivity contribution is 14.1. The van der Waals surface area contributed by atoms with Crippen molar-refractivity contribution in [2.24, 2.45) is 0 Å². The number of benzene rings is 2. The molecular formula is C15H13BrF2INO. The maximum atomic E-state index is 12.4. The minimum atomic E-state index is -2.83. The molecule has 0 amide bonds. The molecule has 6 heteroatoms. The Morgan fingerprint density at radius 3 is 2.67 bits per heavy atom. The molecule has 0 radical (unpaired) electrons. The van der Waals surface area contributed by atoms with E-state index >= 15 is 0 Å². The van der Waals surface area contributed by atoms with Gasteiger partial charge in [-0.3, -0.25) is 0 Å². The van der Waals surface area contributed by atoms with E-state index in [9.17, 15) is 8.78 Å². The van der Waals surface area contributed by atoms with E-state index in [1.165, 1.54) is 11.6 Å². The number of halogens is 4. The average Bonchev–Trinajstić information content (AvgIpc) is 2.42. The summed E-state index contributed by atoms with van der Waals surface area (Å²) < 4.78 is 31.3. The van der Waals surface area contributed by atoms with Crippen molar-refractivity contribution < 1.29 is 13.5 Å². The largest absolute Gasteiger partial charge is 0.434 e. The molecule has 21 heavy (non-hydrogen) atoms. The second-order valence-corrected chi connectivity index (χ2v) is 6.53. The summed E-state index contributed by atoms with van der Waals surface area (Å²) in [7, 11) is 0. The molecule has 2 aromatic carbocycles. The molecule has 2 rings (SSSR count). The van der Waals surface area contributed by atoms with Crippen molar-refractivity contribution in [2.75, 3.05) is 5.32 Å². The number of hydrogen-bond acceptors (Lipinski definition) is 2. The van der Waals surface area contributed by atoms with Crippen molar-refractivity contribution in [1.29, 1.82) is 0 Å². The summed E-state index contributed by atoms with van der Waals surface area (Å²) >= 11 is 5.60. The smallest absolute Gasteiger partial charge is 0.387 e. The monoisotopic (exact) mass is 467 g/mol. The lowest BCUT2D eigenvalue weighted by molar-refractivity contribution is -0.0504. The second kappa shape index (κ2) is 7.40. The number of aryl methyl sites for hydroxylation is 1. The van der Waals surface area contributed by atoms with E-state index in [4.69, 9.17) is 0 Å². The highest BCUT2D eigenvalue weighted by Gasteiger charge is 2.10. The molecule has 1 N–H and O–H groups in total. The highest BCUT2D eigenvalue weighted by atomic mass is 127. The summed E-state index contributed by atoms with van der Waals surface area (Å²) in [5.74, 6) is 0.183. The van der Waals surface area contributed by atoms with E-state index in [0.717, 1.165) is 13.7 Å². The molecule has 0 aliphatic heterocycles. The van der Waals surface area contributed by atoms with Crippen LogP contribution in [0.2, 0.25) is 0 Å². The molecule has 0 spiro atoms. The highest BCUT2D eigenvalue weighted by Crippen LogP contribution is 2.26. The predicted molar refractivity (Wildman–Crippen MR) is 92.0 cm³/mol. The lowest BCUT2D eigenvalue weighted by Gasteiger charge is -2.13. The molecule has 0 bridgehead atoms. The summed E-state index contributed by atoms with van der Waals surface area (Å²) in [6.45, 7) is -0.389. The fraction of sp³-hybridized carbons (Fsp3) is 0.200. The van der Waals surface area contributed by atoms with Crippen molar-refractivity contribution in [3.05, 3.63) is 55.6 Å². The van der Waals surface area contributed by atoms with Gasteiger partial charge in [0, 0.05) is 25.8 Å². The molecular weight excluding hydrogens is 455 g/mol. The number of anilines is 1. The molecule has 2 aromatic rings. The van der Waals surface area contributed by atoms with Gasteiger partial charge in [-0.05, 0) is 65.4 Å². The topological polar surface area (TPSA) is 21.3 Å². The first-order chi connectivity index (χ1) is 9.95. The number of alkyl halides is 2. The van der Waals surface area contributed by atoms with Crippen LogP contribution in [0, 0.1) is 10.5 Å². The van der Waals surface area contributed by atoms with Crippen LogP contribution in [0.25, 0.3) is 0 Å². The fourth-order valence-corrected chi connectivity index (χ4v) is 2.72. The lowest BCUT2D eigenvalue weighted by atomic mass is 10.2. The van der Waals surface area contributed by atoms with Crippen LogP contribution in [0.15, 0.2) is 40.9 Å². The molecule has 2 nitrogen and oxygen atoms in total. The Labute approximate surface area is 144 Å². The third-order valence-corrected chi connectivity index (χ3v) is 4.55. The van der Waals surface area contributed by atoms with Crippen LogP contribution < -0.4 is 10.1 Å². The Kier molecular flexibility index (Phi) is 5.80. The van der Waals surface area contributed by atoms with Gasteiger partial charge >= 0.3 is 6.61 Å².